The summed E-state index contributed by atoms with van der Waals surface area (Å²) in [5.41, 5.74) is 10.7. The lowest BCUT2D eigenvalue weighted by molar-refractivity contribution is 0.100. The number of ether oxygens (including phenoxy) is 2. The van der Waals surface area contributed by atoms with Crippen LogP contribution in [0.4, 0.5) is 11.9 Å². The van der Waals surface area contributed by atoms with E-state index in [4.69, 9.17) is 20.9 Å². The number of nitrogen functional groups attached to an aromatic ring is 2. The van der Waals surface area contributed by atoms with Crippen LogP contribution in [0.15, 0.2) is 12.7 Å². The van der Waals surface area contributed by atoms with E-state index >= 15 is 0 Å². The lowest BCUT2D eigenvalue weighted by Crippen LogP contribution is -2.11. The molecule has 0 fully saturated rings. The van der Waals surface area contributed by atoms with Gasteiger partial charge < -0.3 is 20.9 Å². The van der Waals surface area contributed by atoms with Crippen molar-refractivity contribution in [1.82, 2.24) is 29.9 Å². The SMILES string of the molecule is Nc1ncnc(OCOc2ncnc(N)n2)n1. The van der Waals surface area contributed by atoms with Crippen LogP contribution in [0.5, 0.6) is 12.0 Å². The third kappa shape index (κ3) is 3.09. The lowest BCUT2D eigenvalue weighted by atomic mass is 10.9. The highest BCUT2D eigenvalue weighted by Gasteiger charge is 2.01. The molecule has 0 saturated heterocycles. The number of aromatic nitrogens is 6. The molecular weight excluding hydrogens is 228 g/mol. The molecule has 10 heteroatoms. The molecule has 17 heavy (non-hydrogen) atoms. The highest BCUT2D eigenvalue weighted by atomic mass is 16.7. The minimum Gasteiger partial charge on any atom is -0.425 e. The molecule has 0 aliphatic heterocycles. The molecule has 88 valence electrons. The van der Waals surface area contributed by atoms with Crippen LogP contribution in [0.3, 0.4) is 0 Å². The zero-order valence-corrected chi connectivity index (χ0v) is 8.52. The van der Waals surface area contributed by atoms with Crippen molar-refractivity contribution in [3.8, 4) is 12.0 Å². The smallest absolute Gasteiger partial charge is 0.324 e. The first-order chi connectivity index (χ1) is 8.24. The molecule has 4 N–H and O–H groups in total. The molecule has 0 radical (unpaired) electrons. The van der Waals surface area contributed by atoms with Gasteiger partial charge in [-0.15, -0.1) is 0 Å². The Morgan fingerprint density at radius 3 is 1.71 bits per heavy atom. The first kappa shape index (κ1) is 10.7. The summed E-state index contributed by atoms with van der Waals surface area (Å²) in [7, 11) is 0. The first-order valence-corrected chi connectivity index (χ1v) is 4.38. The van der Waals surface area contributed by atoms with Crippen molar-refractivity contribution in [2.24, 2.45) is 0 Å². The first-order valence-electron chi connectivity index (χ1n) is 4.38. The molecule has 2 aromatic rings. The van der Waals surface area contributed by atoms with Crippen molar-refractivity contribution in [1.29, 1.82) is 0 Å². The normalized spacial score (nSPS) is 9.88. The maximum atomic E-state index is 5.33. The highest BCUT2D eigenvalue weighted by Crippen LogP contribution is 2.03. The van der Waals surface area contributed by atoms with Gasteiger partial charge in [-0.2, -0.15) is 19.9 Å². The maximum Gasteiger partial charge on any atom is 0.324 e. The van der Waals surface area contributed by atoms with Gasteiger partial charge in [-0.05, 0) is 0 Å². The molecule has 2 aromatic heterocycles. The van der Waals surface area contributed by atoms with Gasteiger partial charge in [-0.25, -0.2) is 9.97 Å². The number of hydrogen-bond donors (Lipinski definition) is 2. The Hall–Kier alpha value is -2.78. The molecule has 0 amide bonds. The van der Waals surface area contributed by atoms with Crippen molar-refractivity contribution in [3.63, 3.8) is 0 Å². The Kier molecular flexibility index (Phi) is 3.05. The number of nitrogens with two attached hydrogens (primary N) is 2. The van der Waals surface area contributed by atoms with Gasteiger partial charge in [0.2, 0.25) is 18.7 Å². The summed E-state index contributed by atoms with van der Waals surface area (Å²) in [6.07, 6.45) is 2.44. The van der Waals surface area contributed by atoms with Gasteiger partial charge in [0.05, 0.1) is 0 Å². The molecule has 0 aromatic carbocycles. The second-order valence-electron chi connectivity index (χ2n) is 2.66. The molecule has 0 atom stereocenters. The van der Waals surface area contributed by atoms with Crippen molar-refractivity contribution in [3.05, 3.63) is 12.7 Å². The van der Waals surface area contributed by atoms with E-state index in [9.17, 15) is 0 Å². The second-order valence-corrected chi connectivity index (χ2v) is 2.66. The van der Waals surface area contributed by atoms with Gasteiger partial charge >= 0.3 is 12.0 Å². The number of anilines is 2. The fraction of sp³-hybridized carbons (Fsp3) is 0.143. The Bertz CT molecular complexity index is 461. The Balaban J connectivity index is 1.87. The van der Waals surface area contributed by atoms with Crippen molar-refractivity contribution < 1.29 is 9.47 Å². The van der Waals surface area contributed by atoms with Crippen LogP contribution in [0, 0.1) is 0 Å². The predicted molar refractivity (Wildman–Crippen MR) is 54.6 cm³/mol. The Morgan fingerprint density at radius 2 is 1.29 bits per heavy atom. The van der Waals surface area contributed by atoms with E-state index in [0.717, 1.165) is 0 Å². The van der Waals surface area contributed by atoms with Gasteiger partial charge in [-0.3, -0.25) is 0 Å². The summed E-state index contributed by atoms with van der Waals surface area (Å²) in [5.74, 6) is 0.110. The number of nitrogens with zero attached hydrogens (tertiary/aromatic N) is 6. The Labute approximate surface area is 95.1 Å². The van der Waals surface area contributed by atoms with E-state index in [0.29, 0.717) is 0 Å². The van der Waals surface area contributed by atoms with E-state index in [-0.39, 0.29) is 30.7 Å². The monoisotopic (exact) mass is 236 g/mol. The second kappa shape index (κ2) is 4.83. The molecule has 0 unspecified atom stereocenters. The molecule has 0 bridgehead atoms. The summed E-state index contributed by atoms with van der Waals surface area (Å²) in [6.45, 7) is -0.188. The third-order valence-electron chi connectivity index (χ3n) is 1.51. The quantitative estimate of drug-likeness (QED) is 0.609. The fourth-order valence-electron chi connectivity index (χ4n) is 0.860. The van der Waals surface area contributed by atoms with Gasteiger partial charge in [-0.1, -0.05) is 0 Å². The van der Waals surface area contributed by atoms with E-state index in [1.54, 1.807) is 0 Å². The summed E-state index contributed by atoms with van der Waals surface area (Å²) in [6, 6.07) is 0.0825. The predicted octanol–water partition coefficient (Wildman–Crippen LogP) is -1.36. The number of hydrogen-bond acceptors (Lipinski definition) is 10. The lowest BCUT2D eigenvalue weighted by Gasteiger charge is -2.04. The van der Waals surface area contributed by atoms with E-state index in [1.165, 1.54) is 12.7 Å². The molecule has 0 aliphatic carbocycles. The van der Waals surface area contributed by atoms with Crippen LogP contribution in [0.1, 0.15) is 0 Å². The molecule has 2 rings (SSSR count). The van der Waals surface area contributed by atoms with Crippen LogP contribution in [-0.4, -0.2) is 36.7 Å². The van der Waals surface area contributed by atoms with Crippen LogP contribution in [-0.2, 0) is 0 Å². The van der Waals surface area contributed by atoms with Crippen LogP contribution >= 0.6 is 0 Å². The molecule has 0 aliphatic rings. The zero-order chi connectivity index (χ0) is 12.1. The molecule has 10 nitrogen and oxygen atoms in total. The van der Waals surface area contributed by atoms with Crippen molar-refractivity contribution in [2.75, 3.05) is 18.3 Å². The number of rotatable bonds is 4. The van der Waals surface area contributed by atoms with Gasteiger partial charge in [0.1, 0.15) is 12.7 Å². The van der Waals surface area contributed by atoms with Crippen LogP contribution in [0.2, 0.25) is 0 Å². The zero-order valence-electron chi connectivity index (χ0n) is 8.52. The van der Waals surface area contributed by atoms with E-state index in [2.05, 4.69) is 29.9 Å². The summed E-state index contributed by atoms with van der Waals surface area (Å²) < 4.78 is 10.0. The highest BCUT2D eigenvalue weighted by molar-refractivity contribution is 5.15. The fourth-order valence-corrected chi connectivity index (χ4v) is 0.860. The molecule has 0 spiro atoms. The van der Waals surface area contributed by atoms with Gasteiger partial charge in [0.25, 0.3) is 0 Å². The molecule has 0 saturated carbocycles. The minimum absolute atomic E-state index is 0.0412. The van der Waals surface area contributed by atoms with Gasteiger partial charge in [0, 0.05) is 0 Å². The largest absolute Gasteiger partial charge is 0.425 e. The minimum atomic E-state index is -0.188. The molecular formula is C7H8N8O2. The van der Waals surface area contributed by atoms with Gasteiger partial charge in [0.15, 0.2) is 0 Å². The van der Waals surface area contributed by atoms with Crippen molar-refractivity contribution >= 4 is 11.9 Å². The third-order valence-corrected chi connectivity index (χ3v) is 1.51. The van der Waals surface area contributed by atoms with E-state index < -0.39 is 0 Å². The summed E-state index contributed by atoms with van der Waals surface area (Å²) in [5, 5.41) is 0. The average molecular weight is 236 g/mol. The Morgan fingerprint density at radius 1 is 0.824 bits per heavy atom. The average Bonchev–Trinajstić information content (AvgIpc) is 2.29. The summed E-state index contributed by atoms with van der Waals surface area (Å²) >= 11 is 0. The van der Waals surface area contributed by atoms with Crippen LogP contribution < -0.4 is 20.9 Å². The topological polar surface area (TPSA) is 148 Å². The summed E-state index contributed by atoms with van der Waals surface area (Å²) in [4.78, 5) is 22.0. The standard InChI is InChI=1S/C7H8N8O2/c8-4-10-1-12-6(14-4)16-3-17-7-13-2-11-5(9)15-7/h1-2H,3H2,(H2,8,10,12,14)(H2,9,11,13,15). The maximum absolute atomic E-state index is 5.33. The van der Waals surface area contributed by atoms with Crippen molar-refractivity contribution in [2.45, 2.75) is 0 Å². The van der Waals surface area contributed by atoms with E-state index in [1.807, 2.05) is 0 Å². The molecule has 2 heterocycles. The van der Waals surface area contributed by atoms with Crippen LogP contribution in [0.25, 0.3) is 0 Å².